The van der Waals surface area contributed by atoms with Crippen LogP contribution in [0.25, 0.3) is 0 Å². The van der Waals surface area contributed by atoms with Gasteiger partial charge in [-0.25, -0.2) is 4.79 Å². The lowest BCUT2D eigenvalue weighted by molar-refractivity contribution is -0.156. The SMILES string of the molecule is CCC1OCCC1C(=O)N1CC(=O)NCC1C(=O)O. The molecule has 0 aromatic rings. The molecule has 2 rings (SSSR count). The van der Waals surface area contributed by atoms with E-state index in [-0.39, 0.29) is 36.9 Å². The fourth-order valence-electron chi connectivity index (χ4n) is 2.64. The Morgan fingerprint density at radius 1 is 1.53 bits per heavy atom. The highest BCUT2D eigenvalue weighted by molar-refractivity contribution is 5.92. The first kappa shape index (κ1) is 13.8. The monoisotopic (exact) mass is 270 g/mol. The maximum absolute atomic E-state index is 12.4. The van der Waals surface area contributed by atoms with Crippen molar-refractivity contribution in [2.45, 2.75) is 31.9 Å². The van der Waals surface area contributed by atoms with Crippen LogP contribution in [0.1, 0.15) is 19.8 Å². The number of nitrogens with zero attached hydrogens (tertiary/aromatic N) is 1. The fraction of sp³-hybridized carbons (Fsp3) is 0.750. The van der Waals surface area contributed by atoms with E-state index >= 15 is 0 Å². The first-order chi connectivity index (χ1) is 9.04. The third-order valence-corrected chi connectivity index (χ3v) is 3.68. The second-order valence-electron chi connectivity index (χ2n) is 4.84. The van der Waals surface area contributed by atoms with E-state index in [0.717, 1.165) is 0 Å². The second-order valence-corrected chi connectivity index (χ2v) is 4.84. The number of carbonyl (C=O) groups is 3. The van der Waals surface area contributed by atoms with Gasteiger partial charge in [-0.2, -0.15) is 0 Å². The molecule has 0 aliphatic carbocycles. The highest BCUT2D eigenvalue weighted by Gasteiger charge is 2.42. The number of piperazine rings is 1. The molecule has 106 valence electrons. The van der Waals surface area contributed by atoms with Crippen LogP contribution in [0.4, 0.5) is 0 Å². The van der Waals surface area contributed by atoms with Crippen LogP contribution in [0.2, 0.25) is 0 Å². The molecule has 19 heavy (non-hydrogen) atoms. The van der Waals surface area contributed by atoms with E-state index in [9.17, 15) is 14.4 Å². The summed E-state index contributed by atoms with van der Waals surface area (Å²) in [4.78, 5) is 36.2. The van der Waals surface area contributed by atoms with Gasteiger partial charge >= 0.3 is 5.97 Å². The van der Waals surface area contributed by atoms with Crippen molar-refractivity contribution in [2.24, 2.45) is 5.92 Å². The van der Waals surface area contributed by atoms with Crippen LogP contribution in [-0.4, -0.2) is 59.6 Å². The van der Waals surface area contributed by atoms with Gasteiger partial charge in [0.25, 0.3) is 0 Å². The quantitative estimate of drug-likeness (QED) is 0.701. The molecule has 0 bridgehead atoms. The molecule has 0 spiro atoms. The highest BCUT2D eigenvalue weighted by atomic mass is 16.5. The van der Waals surface area contributed by atoms with Gasteiger partial charge in [0, 0.05) is 13.2 Å². The summed E-state index contributed by atoms with van der Waals surface area (Å²) in [5, 5.41) is 11.6. The molecule has 2 heterocycles. The fourth-order valence-corrected chi connectivity index (χ4v) is 2.64. The number of nitrogens with one attached hydrogen (secondary N) is 1. The van der Waals surface area contributed by atoms with Crippen LogP contribution in [-0.2, 0) is 19.1 Å². The minimum atomic E-state index is -1.10. The average Bonchev–Trinajstić information content (AvgIpc) is 2.85. The second kappa shape index (κ2) is 5.56. The zero-order chi connectivity index (χ0) is 14.0. The highest BCUT2D eigenvalue weighted by Crippen LogP contribution is 2.26. The van der Waals surface area contributed by atoms with Crippen LogP contribution < -0.4 is 5.32 Å². The maximum atomic E-state index is 12.4. The number of carbonyl (C=O) groups excluding carboxylic acids is 2. The molecule has 0 aromatic heterocycles. The van der Waals surface area contributed by atoms with Gasteiger partial charge in [0.1, 0.15) is 12.6 Å². The molecule has 7 heteroatoms. The van der Waals surface area contributed by atoms with Crippen molar-refractivity contribution in [1.29, 1.82) is 0 Å². The summed E-state index contributed by atoms with van der Waals surface area (Å²) in [6.45, 7) is 2.20. The van der Waals surface area contributed by atoms with Gasteiger partial charge in [0.15, 0.2) is 0 Å². The van der Waals surface area contributed by atoms with Crippen molar-refractivity contribution in [3.8, 4) is 0 Å². The Morgan fingerprint density at radius 2 is 2.26 bits per heavy atom. The van der Waals surface area contributed by atoms with Gasteiger partial charge in [-0.05, 0) is 12.8 Å². The first-order valence-corrected chi connectivity index (χ1v) is 6.46. The lowest BCUT2D eigenvalue weighted by Crippen LogP contribution is -2.60. The molecular formula is C12H18N2O5. The van der Waals surface area contributed by atoms with Crippen molar-refractivity contribution in [2.75, 3.05) is 19.7 Å². The van der Waals surface area contributed by atoms with Crippen LogP contribution in [0.15, 0.2) is 0 Å². The van der Waals surface area contributed by atoms with Gasteiger partial charge in [0.2, 0.25) is 11.8 Å². The van der Waals surface area contributed by atoms with E-state index in [1.165, 1.54) is 4.90 Å². The number of hydrogen-bond donors (Lipinski definition) is 2. The van der Waals surface area contributed by atoms with Crippen molar-refractivity contribution in [1.82, 2.24) is 10.2 Å². The van der Waals surface area contributed by atoms with E-state index < -0.39 is 12.0 Å². The Balaban J connectivity index is 2.14. The summed E-state index contributed by atoms with van der Waals surface area (Å²) in [7, 11) is 0. The summed E-state index contributed by atoms with van der Waals surface area (Å²) < 4.78 is 5.45. The van der Waals surface area contributed by atoms with Crippen LogP contribution in [0.5, 0.6) is 0 Å². The Kier molecular flexibility index (Phi) is 4.04. The number of rotatable bonds is 3. The number of amides is 2. The molecule has 0 aromatic carbocycles. The Hall–Kier alpha value is -1.63. The Labute approximate surface area is 110 Å². The summed E-state index contributed by atoms with van der Waals surface area (Å²) in [6.07, 6.45) is 1.11. The normalized spacial score (nSPS) is 31.1. The maximum Gasteiger partial charge on any atom is 0.328 e. The van der Waals surface area contributed by atoms with E-state index in [2.05, 4.69) is 5.32 Å². The number of hydrogen-bond acceptors (Lipinski definition) is 4. The van der Waals surface area contributed by atoms with Crippen LogP contribution in [0.3, 0.4) is 0 Å². The molecule has 0 radical (unpaired) electrons. The predicted molar refractivity (Wildman–Crippen MR) is 64.3 cm³/mol. The van der Waals surface area contributed by atoms with Crippen molar-refractivity contribution < 1.29 is 24.2 Å². The van der Waals surface area contributed by atoms with Crippen molar-refractivity contribution >= 4 is 17.8 Å². The van der Waals surface area contributed by atoms with Crippen molar-refractivity contribution in [3.05, 3.63) is 0 Å². The standard InChI is InChI=1S/C12H18N2O5/c1-2-9-7(3-4-19-9)11(16)14-6-10(15)13-5-8(14)12(17)18/h7-9H,2-6H2,1H3,(H,13,15)(H,17,18). The van der Waals surface area contributed by atoms with Gasteiger partial charge in [0.05, 0.1) is 12.0 Å². The molecule has 7 nitrogen and oxygen atoms in total. The number of aliphatic carboxylic acids is 1. The molecule has 2 aliphatic heterocycles. The molecule has 2 saturated heterocycles. The first-order valence-electron chi connectivity index (χ1n) is 6.46. The van der Waals surface area contributed by atoms with Crippen LogP contribution >= 0.6 is 0 Å². The number of carboxylic acids is 1. The molecule has 2 fully saturated rings. The molecule has 2 amide bonds. The smallest absolute Gasteiger partial charge is 0.328 e. The number of carboxylic acid groups (broad SMARTS) is 1. The summed E-state index contributed by atoms with van der Waals surface area (Å²) >= 11 is 0. The zero-order valence-corrected chi connectivity index (χ0v) is 10.8. The van der Waals surface area contributed by atoms with Gasteiger partial charge in [-0.3, -0.25) is 9.59 Å². The Morgan fingerprint density at radius 3 is 2.89 bits per heavy atom. The lowest BCUT2D eigenvalue weighted by Gasteiger charge is -2.35. The average molecular weight is 270 g/mol. The van der Waals surface area contributed by atoms with E-state index in [0.29, 0.717) is 19.4 Å². The molecule has 2 aliphatic rings. The van der Waals surface area contributed by atoms with E-state index in [1.807, 2.05) is 6.92 Å². The van der Waals surface area contributed by atoms with Gasteiger partial charge in [-0.15, -0.1) is 0 Å². The van der Waals surface area contributed by atoms with Gasteiger partial charge in [-0.1, -0.05) is 6.92 Å². The zero-order valence-electron chi connectivity index (χ0n) is 10.8. The topological polar surface area (TPSA) is 95.9 Å². The lowest BCUT2D eigenvalue weighted by atomic mass is 9.96. The van der Waals surface area contributed by atoms with Gasteiger partial charge < -0.3 is 20.1 Å². The Bertz CT molecular complexity index is 398. The summed E-state index contributed by atoms with van der Waals surface area (Å²) in [6, 6.07) is -0.983. The summed E-state index contributed by atoms with van der Waals surface area (Å²) in [5.41, 5.74) is 0. The number of ether oxygens (including phenoxy) is 1. The molecule has 3 atom stereocenters. The molecule has 0 saturated carbocycles. The van der Waals surface area contributed by atoms with Crippen LogP contribution in [0, 0.1) is 5.92 Å². The van der Waals surface area contributed by atoms with E-state index in [4.69, 9.17) is 9.84 Å². The molecular weight excluding hydrogens is 252 g/mol. The minimum absolute atomic E-state index is 0.0374. The summed E-state index contributed by atoms with van der Waals surface area (Å²) in [5.74, 6) is -2.04. The molecule has 2 N–H and O–H groups in total. The molecule has 3 unspecified atom stereocenters. The third-order valence-electron chi connectivity index (χ3n) is 3.68. The van der Waals surface area contributed by atoms with E-state index in [1.54, 1.807) is 0 Å². The van der Waals surface area contributed by atoms with Crippen molar-refractivity contribution in [3.63, 3.8) is 0 Å². The predicted octanol–water partition coefficient (Wildman–Crippen LogP) is -0.787. The third kappa shape index (κ3) is 2.70. The minimum Gasteiger partial charge on any atom is -0.480 e. The largest absolute Gasteiger partial charge is 0.480 e.